The quantitative estimate of drug-likeness (QED) is 0.806. The van der Waals surface area contributed by atoms with Crippen LogP contribution in [0, 0.1) is 5.92 Å². The number of thiazole rings is 1. The molecule has 0 radical (unpaired) electrons. The van der Waals surface area contributed by atoms with Crippen LogP contribution in [0.5, 0.6) is 5.75 Å². The Balaban J connectivity index is 1.71. The van der Waals surface area contributed by atoms with Crippen molar-refractivity contribution in [1.29, 1.82) is 0 Å². The molecule has 3 rings (SSSR count). The highest BCUT2D eigenvalue weighted by molar-refractivity contribution is 7.22. The molecular weight excluding hydrogens is 290 g/mol. The Morgan fingerprint density at radius 1 is 1.43 bits per heavy atom. The van der Waals surface area contributed by atoms with Gasteiger partial charge in [-0.1, -0.05) is 11.3 Å². The number of fused-ring (bicyclic) bond motifs is 1. The summed E-state index contributed by atoms with van der Waals surface area (Å²) >= 11 is 1.63. The third-order valence-electron chi connectivity index (χ3n) is 3.67. The number of hydrogen-bond donors (Lipinski definition) is 0. The zero-order valence-electron chi connectivity index (χ0n) is 12.2. The van der Waals surface area contributed by atoms with E-state index >= 15 is 0 Å². The molecule has 2 heterocycles. The van der Waals surface area contributed by atoms with Gasteiger partial charge in [-0.05, 0) is 12.1 Å². The maximum atomic E-state index is 11.9. The summed E-state index contributed by atoms with van der Waals surface area (Å²) in [5.41, 5.74) is 0.929. The van der Waals surface area contributed by atoms with Gasteiger partial charge in [0.25, 0.3) is 5.91 Å². The number of amides is 1. The number of benzene rings is 1. The van der Waals surface area contributed by atoms with Crippen LogP contribution < -0.4 is 9.64 Å². The fourth-order valence-electron chi connectivity index (χ4n) is 2.30. The average Bonchev–Trinajstić information content (AvgIpc) is 2.86. The number of aromatic nitrogens is 1. The van der Waals surface area contributed by atoms with E-state index in [2.05, 4.69) is 9.88 Å². The summed E-state index contributed by atoms with van der Waals surface area (Å²) in [5, 5.41) is 2.23. The SMILES string of the molecule is COc1ccc2sc(N3CC(C(=O)N(C)OC)C3)nc2c1. The highest BCUT2D eigenvalue weighted by Crippen LogP contribution is 2.34. The highest BCUT2D eigenvalue weighted by atomic mass is 32.1. The lowest BCUT2D eigenvalue weighted by atomic mass is 10.0. The van der Waals surface area contributed by atoms with E-state index in [0.717, 1.165) is 21.1 Å². The molecule has 112 valence electrons. The average molecular weight is 307 g/mol. The normalized spacial score (nSPS) is 15.1. The summed E-state index contributed by atoms with van der Waals surface area (Å²) in [7, 11) is 4.77. The number of ether oxygens (including phenoxy) is 1. The molecule has 1 aromatic heterocycles. The molecule has 21 heavy (non-hydrogen) atoms. The fraction of sp³-hybridized carbons (Fsp3) is 0.429. The Morgan fingerprint density at radius 3 is 2.86 bits per heavy atom. The number of anilines is 1. The molecule has 7 heteroatoms. The minimum absolute atomic E-state index is 0.0107. The molecule has 0 aliphatic carbocycles. The second-order valence-electron chi connectivity index (χ2n) is 4.95. The number of nitrogens with zero attached hydrogens (tertiary/aromatic N) is 3. The Morgan fingerprint density at radius 2 is 2.19 bits per heavy atom. The second kappa shape index (κ2) is 5.50. The van der Waals surface area contributed by atoms with E-state index in [0.29, 0.717) is 13.1 Å². The predicted molar refractivity (Wildman–Crippen MR) is 81.7 cm³/mol. The number of hydroxylamine groups is 2. The molecule has 1 fully saturated rings. The molecule has 6 nitrogen and oxygen atoms in total. The van der Waals surface area contributed by atoms with Gasteiger partial charge in [0.05, 0.1) is 30.4 Å². The standard InChI is InChI=1S/C14H17N3O3S/c1-16(20-3)13(18)9-7-17(8-9)14-15-11-6-10(19-2)4-5-12(11)21-14/h4-6,9H,7-8H2,1-3H3. The lowest BCUT2D eigenvalue weighted by Gasteiger charge is -2.39. The van der Waals surface area contributed by atoms with Gasteiger partial charge in [0.2, 0.25) is 0 Å². The molecule has 0 saturated carbocycles. The van der Waals surface area contributed by atoms with Crippen molar-refractivity contribution < 1.29 is 14.4 Å². The lowest BCUT2D eigenvalue weighted by Crippen LogP contribution is -2.53. The van der Waals surface area contributed by atoms with E-state index in [9.17, 15) is 4.79 Å². The summed E-state index contributed by atoms with van der Waals surface area (Å²) < 4.78 is 6.33. The molecule has 0 N–H and O–H groups in total. The summed E-state index contributed by atoms with van der Waals surface area (Å²) in [4.78, 5) is 23.6. The minimum Gasteiger partial charge on any atom is -0.497 e. The highest BCUT2D eigenvalue weighted by Gasteiger charge is 2.36. The second-order valence-corrected chi connectivity index (χ2v) is 5.96. The van der Waals surface area contributed by atoms with Gasteiger partial charge in [0.15, 0.2) is 5.13 Å². The Bertz CT molecular complexity index is 667. The molecule has 1 amide bonds. The first-order valence-electron chi connectivity index (χ1n) is 6.63. The van der Waals surface area contributed by atoms with Gasteiger partial charge >= 0.3 is 0 Å². The van der Waals surface area contributed by atoms with Crippen LogP contribution in [0.2, 0.25) is 0 Å². The fourth-order valence-corrected chi connectivity index (χ4v) is 3.26. The first-order chi connectivity index (χ1) is 10.1. The Kier molecular flexibility index (Phi) is 3.69. The van der Waals surface area contributed by atoms with E-state index in [4.69, 9.17) is 9.57 Å². The summed E-state index contributed by atoms with van der Waals surface area (Å²) in [6, 6.07) is 5.87. The van der Waals surface area contributed by atoms with Crippen LogP contribution in [0.4, 0.5) is 5.13 Å². The third kappa shape index (κ3) is 2.54. The van der Waals surface area contributed by atoms with Gasteiger partial charge in [0, 0.05) is 26.2 Å². The van der Waals surface area contributed by atoms with Crippen LogP contribution in [-0.4, -0.2) is 50.3 Å². The van der Waals surface area contributed by atoms with Crippen molar-refractivity contribution in [1.82, 2.24) is 10.0 Å². The van der Waals surface area contributed by atoms with E-state index in [-0.39, 0.29) is 11.8 Å². The molecule has 1 aliphatic heterocycles. The van der Waals surface area contributed by atoms with Gasteiger partial charge in [-0.25, -0.2) is 10.0 Å². The van der Waals surface area contributed by atoms with Crippen LogP contribution in [0.15, 0.2) is 18.2 Å². The van der Waals surface area contributed by atoms with Gasteiger partial charge in [-0.2, -0.15) is 0 Å². The summed E-state index contributed by atoms with van der Waals surface area (Å²) in [5.74, 6) is 0.797. The number of rotatable bonds is 4. The largest absolute Gasteiger partial charge is 0.497 e. The van der Waals surface area contributed by atoms with E-state index in [1.165, 1.54) is 12.2 Å². The van der Waals surface area contributed by atoms with Crippen LogP contribution in [-0.2, 0) is 9.63 Å². The van der Waals surface area contributed by atoms with Crippen LogP contribution >= 0.6 is 11.3 Å². The smallest absolute Gasteiger partial charge is 0.252 e. The van der Waals surface area contributed by atoms with Crippen molar-refractivity contribution in [2.24, 2.45) is 5.92 Å². The number of carbonyl (C=O) groups is 1. The van der Waals surface area contributed by atoms with Crippen LogP contribution in [0.25, 0.3) is 10.2 Å². The van der Waals surface area contributed by atoms with Crippen LogP contribution in [0.1, 0.15) is 0 Å². The molecular formula is C14H17N3O3S. The zero-order chi connectivity index (χ0) is 15.0. The van der Waals surface area contributed by atoms with Gasteiger partial charge in [-0.3, -0.25) is 9.63 Å². The molecule has 1 aromatic carbocycles. The summed E-state index contributed by atoms with van der Waals surface area (Å²) in [6.07, 6.45) is 0. The van der Waals surface area contributed by atoms with Crippen molar-refractivity contribution in [3.63, 3.8) is 0 Å². The van der Waals surface area contributed by atoms with E-state index in [1.807, 2.05) is 18.2 Å². The van der Waals surface area contributed by atoms with Gasteiger partial charge in [0.1, 0.15) is 5.75 Å². The van der Waals surface area contributed by atoms with Gasteiger partial charge in [-0.15, -0.1) is 0 Å². The first kappa shape index (κ1) is 14.1. The van der Waals surface area contributed by atoms with Gasteiger partial charge < -0.3 is 9.64 Å². The molecule has 0 atom stereocenters. The molecule has 1 aliphatic rings. The number of carbonyl (C=O) groups excluding carboxylic acids is 1. The van der Waals surface area contributed by atoms with Crippen molar-refractivity contribution in [3.05, 3.63) is 18.2 Å². The lowest BCUT2D eigenvalue weighted by molar-refractivity contribution is -0.174. The minimum atomic E-state index is -0.0171. The van der Waals surface area contributed by atoms with Crippen molar-refractivity contribution in [2.45, 2.75) is 0 Å². The monoisotopic (exact) mass is 307 g/mol. The van der Waals surface area contributed by atoms with E-state index < -0.39 is 0 Å². The number of hydrogen-bond acceptors (Lipinski definition) is 6. The molecule has 1 saturated heterocycles. The molecule has 2 aromatic rings. The Labute approximate surface area is 126 Å². The third-order valence-corrected chi connectivity index (χ3v) is 4.77. The Hall–Kier alpha value is -1.86. The maximum absolute atomic E-state index is 11.9. The molecule has 0 bridgehead atoms. The molecule has 0 unspecified atom stereocenters. The first-order valence-corrected chi connectivity index (χ1v) is 7.45. The predicted octanol–water partition coefficient (Wildman–Crippen LogP) is 1.76. The van der Waals surface area contributed by atoms with Crippen molar-refractivity contribution >= 4 is 32.6 Å². The van der Waals surface area contributed by atoms with E-state index in [1.54, 1.807) is 25.5 Å². The van der Waals surface area contributed by atoms with Crippen molar-refractivity contribution in [3.8, 4) is 5.75 Å². The molecule has 0 spiro atoms. The number of methoxy groups -OCH3 is 1. The topological polar surface area (TPSA) is 54.9 Å². The maximum Gasteiger partial charge on any atom is 0.252 e. The summed E-state index contributed by atoms with van der Waals surface area (Å²) in [6.45, 7) is 1.37. The zero-order valence-corrected chi connectivity index (χ0v) is 13.0. The van der Waals surface area contributed by atoms with Crippen LogP contribution in [0.3, 0.4) is 0 Å². The van der Waals surface area contributed by atoms with Crippen molar-refractivity contribution in [2.75, 3.05) is 39.3 Å².